The molecule has 4 heteroatoms. The van der Waals surface area contributed by atoms with Crippen LogP contribution in [0.2, 0.25) is 0 Å². The molecular formula is C19H23NO3. The molecule has 3 aliphatic rings. The quantitative estimate of drug-likeness (QED) is 0.686. The van der Waals surface area contributed by atoms with Crippen LogP contribution in [-0.2, 0) is 9.59 Å². The Labute approximate surface area is 136 Å². The Morgan fingerprint density at radius 2 is 1.83 bits per heavy atom. The number of rotatable bonds is 4. The van der Waals surface area contributed by atoms with Gasteiger partial charge in [-0.05, 0) is 24.8 Å². The molecule has 2 aliphatic heterocycles. The molecule has 0 radical (unpaired) electrons. The van der Waals surface area contributed by atoms with Gasteiger partial charge in [0.15, 0.2) is 0 Å². The Morgan fingerprint density at radius 1 is 1.13 bits per heavy atom. The summed E-state index contributed by atoms with van der Waals surface area (Å²) in [6, 6.07) is 10.0. The normalized spacial score (nSPS) is 30.4. The van der Waals surface area contributed by atoms with Crippen molar-refractivity contribution in [3.63, 3.8) is 0 Å². The highest BCUT2D eigenvalue weighted by Crippen LogP contribution is 2.48. The van der Waals surface area contributed by atoms with Crippen molar-refractivity contribution in [2.24, 2.45) is 17.8 Å². The molecule has 23 heavy (non-hydrogen) atoms. The smallest absolute Gasteiger partial charge is 0.237 e. The molecule has 1 N–H and O–H groups in total. The summed E-state index contributed by atoms with van der Waals surface area (Å²) in [6.45, 7) is 4.31. The number of imide groups is 1. The molecule has 0 spiro atoms. The van der Waals surface area contributed by atoms with E-state index < -0.39 is 0 Å². The van der Waals surface area contributed by atoms with Crippen molar-refractivity contribution in [3.8, 4) is 0 Å². The third kappa shape index (κ3) is 2.61. The topological polar surface area (TPSA) is 57.6 Å². The van der Waals surface area contributed by atoms with E-state index in [1.807, 2.05) is 43.3 Å². The summed E-state index contributed by atoms with van der Waals surface area (Å²) in [7, 11) is 0. The number of carbonyl (C=O) groups excluding carboxylic acids is 2. The Hall–Kier alpha value is -1.94. The average Bonchev–Trinajstić information content (AvgIpc) is 2.69. The van der Waals surface area contributed by atoms with Crippen LogP contribution in [0.3, 0.4) is 0 Å². The van der Waals surface area contributed by atoms with Gasteiger partial charge in [0.1, 0.15) is 0 Å². The highest BCUT2D eigenvalue weighted by molar-refractivity contribution is 6.02. The second-order valence-electron chi connectivity index (χ2n) is 6.61. The van der Waals surface area contributed by atoms with E-state index in [0.717, 1.165) is 11.1 Å². The van der Waals surface area contributed by atoms with Crippen LogP contribution in [0.4, 0.5) is 0 Å². The lowest BCUT2D eigenvalue weighted by Gasteiger charge is -2.35. The van der Waals surface area contributed by atoms with Crippen LogP contribution in [0.1, 0.15) is 31.7 Å². The summed E-state index contributed by atoms with van der Waals surface area (Å²) in [5, 5.41) is 9.06. The zero-order chi connectivity index (χ0) is 16.6. The highest BCUT2D eigenvalue weighted by atomic mass is 16.3. The molecule has 0 saturated carbocycles. The van der Waals surface area contributed by atoms with Crippen molar-refractivity contribution < 1.29 is 14.7 Å². The molecule has 4 atom stereocenters. The fraction of sp³-hybridized carbons (Fsp3) is 0.474. The van der Waals surface area contributed by atoms with E-state index in [1.165, 1.54) is 4.90 Å². The summed E-state index contributed by atoms with van der Waals surface area (Å²) >= 11 is 0. The van der Waals surface area contributed by atoms with Gasteiger partial charge in [0.05, 0.1) is 11.8 Å². The minimum atomic E-state index is -0.284. The number of aliphatic hydroxyl groups excluding tert-OH is 1. The van der Waals surface area contributed by atoms with Crippen molar-refractivity contribution >= 4 is 11.8 Å². The summed E-state index contributed by atoms with van der Waals surface area (Å²) in [5.41, 5.74) is 2.11. The lowest BCUT2D eigenvalue weighted by Crippen LogP contribution is -2.41. The van der Waals surface area contributed by atoms with E-state index in [9.17, 15) is 9.59 Å². The molecular weight excluding hydrogens is 290 g/mol. The Morgan fingerprint density at radius 3 is 2.48 bits per heavy atom. The minimum absolute atomic E-state index is 0.0174. The van der Waals surface area contributed by atoms with E-state index >= 15 is 0 Å². The number of hydrogen-bond acceptors (Lipinski definition) is 3. The number of hydrogen-bond donors (Lipinski definition) is 1. The summed E-state index contributed by atoms with van der Waals surface area (Å²) < 4.78 is 0. The first-order valence-corrected chi connectivity index (χ1v) is 8.25. The number of fused-ring (bicyclic) bond motifs is 3. The van der Waals surface area contributed by atoms with E-state index in [2.05, 4.69) is 6.92 Å². The van der Waals surface area contributed by atoms with Crippen molar-refractivity contribution in [1.82, 2.24) is 4.90 Å². The molecule has 2 heterocycles. The van der Waals surface area contributed by atoms with Gasteiger partial charge in [-0.3, -0.25) is 14.5 Å². The number of nitrogens with zero attached hydrogens (tertiary/aromatic N) is 1. The molecule has 1 fully saturated rings. The first-order valence-electron chi connectivity index (χ1n) is 8.25. The number of carbonyl (C=O) groups is 2. The van der Waals surface area contributed by atoms with E-state index in [1.54, 1.807) is 0 Å². The molecule has 2 bridgehead atoms. The second-order valence-corrected chi connectivity index (χ2v) is 6.61. The molecule has 1 aliphatic carbocycles. The van der Waals surface area contributed by atoms with Crippen LogP contribution in [0, 0.1) is 17.8 Å². The molecule has 1 aromatic carbocycles. The van der Waals surface area contributed by atoms with Crippen LogP contribution in [0.25, 0.3) is 0 Å². The maximum Gasteiger partial charge on any atom is 0.237 e. The fourth-order valence-corrected chi connectivity index (χ4v) is 4.07. The lowest BCUT2D eigenvalue weighted by molar-refractivity contribution is -0.146. The molecule has 122 valence electrons. The largest absolute Gasteiger partial charge is 0.396 e. The monoisotopic (exact) mass is 313 g/mol. The molecule has 0 aromatic heterocycles. The predicted molar refractivity (Wildman–Crippen MR) is 87.5 cm³/mol. The maximum absolute atomic E-state index is 13.0. The summed E-state index contributed by atoms with van der Waals surface area (Å²) in [4.78, 5) is 27.2. The van der Waals surface area contributed by atoms with Crippen molar-refractivity contribution in [1.29, 1.82) is 0 Å². The van der Waals surface area contributed by atoms with Gasteiger partial charge in [-0.2, -0.15) is 0 Å². The third-order valence-corrected chi connectivity index (χ3v) is 5.23. The lowest BCUT2D eigenvalue weighted by atomic mass is 9.66. The average molecular weight is 313 g/mol. The molecule has 4 nitrogen and oxygen atoms in total. The zero-order valence-electron chi connectivity index (χ0n) is 13.6. The summed E-state index contributed by atoms with van der Waals surface area (Å²) in [6.07, 6.45) is 2.41. The highest BCUT2D eigenvalue weighted by Gasteiger charge is 2.50. The van der Waals surface area contributed by atoms with Crippen LogP contribution >= 0.6 is 0 Å². The molecule has 4 rings (SSSR count). The first kappa shape index (κ1) is 15.9. The van der Waals surface area contributed by atoms with Crippen LogP contribution in [0.15, 0.2) is 42.0 Å². The third-order valence-electron chi connectivity index (χ3n) is 5.23. The number of amides is 2. The maximum atomic E-state index is 13.0. The summed E-state index contributed by atoms with van der Waals surface area (Å²) in [5.74, 6) is -0.659. The van der Waals surface area contributed by atoms with E-state index in [0.29, 0.717) is 13.0 Å². The Kier molecular flexibility index (Phi) is 4.35. The minimum Gasteiger partial charge on any atom is -0.396 e. The molecule has 1 saturated heterocycles. The molecule has 0 unspecified atom stereocenters. The van der Waals surface area contributed by atoms with Crippen molar-refractivity contribution in [2.75, 3.05) is 13.2 Å². The van der Waals surface area contributed by atoms with Crippen LogP contribution in [-0.4, -0.2) is 35.0 Å². The van der Waals surface area contributed by atoms with Crippen LogP contribution in [0.5, 0.6) is 0 Å². The predicted octanol–water partition coefficient (Wildman–Crippen LogP) is 2.35. The van der Waals surface area contributed by atoms with Gasteiger partial charge in [-0.15, -0.1) is 0 Å². The molecule has 1 aromatic rings. The van der Waals surface area contributed by atoms with Gasteiger partial charge in [-0.1, -0.05) is 48.9 Å². The van der Waals surface area contributed by atoms with Crippen molar-refractivity contribution in [2.45, 2.75) is 26.2 Å². The van der Waals surface area contributed by atoms with Gasteiger partial charge in [0, 0.05) is 19.1 Å². The zero-order valence-corrected chi connectivity index (χ0v) is 13.6. The van der Waals surface area contributed by atoms with Gasteiger partial charge in [0.25, 0.3) is 0 Å². The Balaban J connectivity index is 2.05. The van der Waals surface area contributed by atoms with Crippen LogP contribution < -0.4 is 0 Å². The van der Waals surface area contributed by atoms with Gasteiger partial charge in [-0.25, -0.2) is 0 Å². The van der Waals surface area contributed by atoms with Gasteiger partial charge >= 0.3 is 0 Å². The van der Waals surface area contributed by atoms with Gasteiger partial charge < -0.3 is 5.11 Å². The molecule has 2 amide bonds. The van der Waals surface area contributed by atoms with E-state index in [4.69, 9.17) is 5.11 Å². The second kappa shape index (κ2) is 6.28. The first-order chi connectivity index (χ1) is 11.1. The number of aliphatic hydroxyl groups is 1. The van der Waals surface area contributed by atoms with E-state index in [-0.39, 0.29) is 42.1 Å². The fourth-order valence-electron chi connectivity index (χ4n) is 4.07. The standard InChI is InChI=1S/C19H23NO3/c1-12-11-15-13(2)17(14-7-4-3-5-8-14)16(12)19(23)20(18(15)22)9-6-10-21/h3-5,7-8,11,13,15-17,21H,6,9-10H2,1-2H3/t13-,15+,16-,17-/m1/s1. The SMILES string of the molecule is CC1=C[C@@H]2C(=O)N(CCCO)C(=O)[C@H]1[C@@H](c1ccccc1)[C@@H]2C. The van der Waals surface area contributed by atoms with Crippen molar-refractivity contribution in [3.05, 3.63) is 47.5 Å². The van der Waals surface area contributed by atoms with Gasteiger partial charge in [0.2, 0.25) is 11.8 Å². The Bertz CT molecular complexity index is 637. The number of benzene rings is 1.